The number of nitrogens with zero attached hydrogens (tertiary/aromatic N) is 2. The Morgan fingerprint density at radius 2 is 2.00 bits per heavy atom. The first-order valence-corrected chi connectivity index (χ1v) is 5.99. The van der Waals surface area contributed by atoms with Crippen LogP contribution in [0.1, 0.15) is 11.7 Å². The number of aromatic nitrogens is 4. The first kappa shape index (κ1) is 13.0. The molecule has 20 heavy (non-hydrogen) atoms. The van der Waals surface area contributed by atoms with E-state index in [1.807, 2.05) is 0 Å². The predicted molar refractivity (Wildman–Crippen MR) is 67.7 cm³/mol. The molecule has 10 heteroatoms. The molecule has 0 aliphatic carbocycles. The van der Waals surface area contributed by atoms with E-state index in [0.717, 1.165) is 0 Å². The molecule has 0 radical (unpaired) electrons. The average Bonchev–Trinajstić information content (AvgIpc) is 2.93. The van der Waals surface area contributed by atoms with Gasteiger partial charge in [0, 0.05) is 0 Å². The van der Waals surface area contributed by atoms with Gasteiger partial charge in [-0.2, -0.15) is 5.10 Å². The lowest BCUT2D eigenvalue weighted by Gasteiger charge is -2.14. The van der Waals surface area contributed by atoms with Crippen molar-refractivity contribution in [1.82, 2.24) is 25.5 Å². The van der Waals surface area contributed by atoms with Crippen molar-refractivity contribution in [3.63, 3.8) is 0 Å². The maximum Gasteiger partial charge on any atom is 0.280 e. The molecular weight excluding hydrogens is 268 g/mol. The zero-order chi connectivity index (χ0) is 14.4. The quantitative estimate of drug-likeness (QED) is 0.304. The zero-order valence-corrected chi connectivity index (χ0v) is 10.2. The average molecular weight is 282 g/mol. The molecule has 10 nitrogen and oxygen atoms in total. The molecule has 2 aromatic heterocycles. The van der Waals surface area contributed by atoms with Gasteiger partial charge in [-0.05, 0) is 0 Å². The molecule has 1 aliphatic heterocycles. The molecule has 0 amide bonds. The molecule has 1 saturated heterocycles. The van der Waals surface area contributed by atoms with E-state index in [2.05, 4.69) is 25.5 Å². The van der Waals surface area contributed by atoms with Crippen LogP contribution in [0.5, 0.6) is 0 Å². The number of hydrogen-bond acceptors (Lipinski definition) is 8. The zero-order valence-electron chi connectivity index (χ0n) is 10.2. The topological polar surface area (TPSA) is 173 Å². The van der Waals surface area contributed by atoms with Crippen LogP contribution < -0.4 is 16.6 Å². The van der Waals surface area contributed by atoms with Gasteiger partial charge in [0.2, 0.25) is 5.95 Å². The number of rotatable bonds is 2. The fourth-order valence-electron chi connectivity index (χ4n) is 2.44. The smallest absolute Gasteiger partial charge is 0.280 e. The fourth-order valence-corrected chi connectivity index (χ4v) is 2.44. The van der Waals surface area contributed by atoms with Crippen molar-refractivity contribution in [1.29, 1.82) is 0 Å². The highest BCUT2D eigenvalue weighted by Gasteiger charge is 2.43. The van der Waals surface area contributed by atoms with Crippen molar-refractivity contribution in [2.75, 3.05) is 12.3 Å². The predicted octanol–water partition coefficient (Wildman–Crippen LogP) is -3.04. The standard InChI is InChI=1S/C10H14N6O4/c11-10-13-3-4(15-16-6(3)9(20)14-10)5-8(19)7(18)2(1-17)12-5/h2,5,7-8,12,17-19H,1H2,(H,15,16)(H3,11,13,14,20)/t2-,5+,7-,8+/m1/s1. The minimum atomic E-state index is -1.17. The maximum atomic E-state index is 11.7. The number of aromatic amines is 2. The van der Waals surface area contributed by atoms with Crippen molar-refractivity contribution >= 4 is 17.0 Å². The minimum absolute atomic E-state index is 0.0603. The van der Waals surface area contributed by atoms with E-state index in [1.54, 1.807) is 0 Å². The third kappa shape index (κ3) is 1.78. The molecule has 0 spiro atoms. The van der Waals surface area contributed by atoms with Crippen molar-refractivity contribution in [3.8, 4) is 0 Å². The van der Waals surface area contributed by atoms with Crippen LogP contribution >= 0.6 is 0 Å². The molecule has 1 aliphatic rings. The van der Waals surface area contributed by atoms with Gasteiger partial charge in [-0.3, -0.25) is 20.2 Å². The summed E-state index contributed by atoms with van der Waals surface area (Å²) in [6, 6.07) is -1.41. The van der Waals surface area contributed by atoms with Gasteiger partial charge in [-0.1, -0.05) is 0 Å². The Bertz CT molecular complexity index is 697. The van der Waals surface area contributed by atoms with Crippen molar-refractivity contribution in [2.24, 2.45) is 0 Å². The summed E-state index contributed by atoms with van der Waals surface area (Å²) in [6.45, 7) is -0.336. The molecule has 3 heterocycles. The van der Waals surface area contributed by atoms with Crippen LogP contribution in [0.25, 0.3) is 11.0 Å². The summed E-state index contributed by atoms with van der Waals surface area (Å²) in [6.07, 6.45) is -2.30. The lowest BCUT2D eigenvalue weighted by molar-refractivity contribution is 0.0191. The third-order valence-electron chi connectivity index (χ3n) is 3.46. The van der Waals surface area contributed by atoms with E-state index < -0.39 is 29.9 Å². The van der Waals surface area contributed by atoms with Crippen molar-refractivity contribution in [2.45, 2.75) is 24.3 Å². The number of anilines is 1. The highest BCUT2D eigenvalue weighted by Crippen LogP contribution is 2.29. The van der Waals surface area contributed by atoms with Crippen molar-refractivity contribution in [3.05, 3.63) is 16.0 Å². The van der Waals surface area contributed by atoms with Gasteiger partial charge in [-0.25, -0.2) is 4.98 Å². The van der Waals surface area contributed by atoms with Gasteiger partial charge >= 0.3 is 0 Å². The Hall–Kier alpha value is -2.01. The van der Waals surface area contributed by atoms with E-state index in [4.69, 9.17) is 10.8 Å². The van der Waals surface area contributed by atoms with Crippen LogP contribution in [0.4, 0.5) is 5.95 Å². The Morgan fingerprint density at radius 3 is 2.65 bits per heavy atom. The van der Waals surface area contributed by atoms with Gasteiger partial charge in [0.05, 0.1) is 30.5 Å². The lowest BCUT2D eigenvalue weighted by atomic mass is 10.1. The summed E-state index contributed by atoms with van der Waals surface area (Å²) >= 11 is 0. The highest BCUT2D eigenvalue weighted by molar-refractivity contribution is 5.77. The van der Waals surface area contributed by atoms with E-state index in [1.165, 1.54) is 0 Å². The Labute approximate surface area is 111 Å². The first-order valence-electron chi connectivity index (χ1n) is 5.99. The summed E-state index contributed by atoms with van der Waals surface area (Å²) in [7, 11) is 0. The van der Waals surface area contributed by atoms with Crippen LogP contribution in [0, 0.1) is 0 Å². The van der Waals surface area contributed by atoms with E-state index in [0.29, 0.717) is 5.69 Å². The molecule has 0 unspecified atom stereocenters. The summed E-state index contributed by atoms with van der Waals surface area (Å²) in [4.78, 5) is 18.0. The first-order chi connectivity index (χ1) is 9.52. The normalized spacial score (nSPS) is 30.1. The van der Waals surface area contributed by atoms with Crippen LogP contribution in [-0.4, -0.2) is 60.3 Å². The Morgan fingerprint density at radius 1 is 1.25 bits per heavy atom. The number of nitrogen functional groups attached to an aromatic ring is 1. The molecule has 0 aromatic carbocycles. The minimum Gasteiger partial charge on any atom is -0.395 e. The van der Waals surface area contributed by atoms with Gasteiger partial charge in [-0.15, -0.1) is 0 Å². The molecular formula is C10H14N6O4. The van der Waals surface area contributed by atoms with Gasteiger partial charge in [0.15, 0.2) is 5.52 Å². The molecule has 8 N–H and O–H groups in total. The lowest BCUT2D eigenvalue weighted by Crippen LogP contribution is -2.35. The second kappa shape index (κ2) is 4.52. The van der Waals surface area contributed by atoms with Crippen molar-refractivity contribution < 1.29 is 15.3 Å². The van der Waals surface area contributed by atoms with Crippen LogP contribution in [0.15, 0.2) is 4.79 Å². The fraction of sp³-hybridized carbons (Fsp3) is 0.500. The second-order valence-electron chi connectivity index (χ2n) is 4.70. The number of nitrogens with two attached hydrogens (primary N) is 1. The van der Waals surface area contributed by atoms with E-state index >= 15 is 0 Å². The monoisotopic (exact) mass is 282 g/mol. The summed E-state index contributed by atoms with van der Waals surface area (Å²) in [5.41, 5.74) is 5.60. The largest absolute Gasteiger partial charge is 0.395 e. The Kier molecular flexibility index (Phi) is 2.94. The van der Waals surface area contributed by atoms with E-state index in [9.17, 15) is 15.0 Å². The number of nitrogens with one attached hydrogen (secondary N) is 3. The number of aliphatic hydroxyl groups excluding tert-OH is 3. The number of fused-ring (bicyclic) bond motifs is 1. The SMILES string of the molecule is Nc1nc2c([C@@H]3N[C@H](CO)[C@@H](O)[C@H]3O)[nH]nc2c(=O)[nH]1. The van der Waals surface area contributed by atoms with Gasteiger partial charge < -0.3 is 21.1 Å². The maximum absolute atomic E-state index is 11.7. The number of hydrogen-bond donors (Lipinski definition) is 7. The molecule has 0 bridgehead atoms. The third-order valence-corrected chi connectivity index (χ3v) is 3.46. The van der Waals surface area contributed by atoms with Gasteiger partial charge in [0.1, 0.15) is 11.6 Å². The number of H-pyrrole nitrogens is 2. The summed E-state index contributed by atoms with van der Waals surface area (Å²) in [5.74, 6) is -0.0723. The molecule has 0 saturated carbocycles. The van der Waals surface area contributed by atoms with E-state index in [-0.39, 0.29) is 23.6 Å². The molecule has 1 fully saturated rings. The van der Waals surface area contributed by atoms with Crippen LogP contribution in [0.2, 0.25) is 0 Å². The molecule has 4 atom stereocenters. The summed E-state index contributed by atoms with van der Waals surface area (Å²) < 4.78 is 0. The summed E-state index contributed by atoms with van der Waals surface area (Å²) in [5, 5.41) is 38.2. The molecule has 3 rings (SSSR count). The molecule has 108 valence electrons. The number of aliphatic hydroxyl groups is 3. The molecule has 2 aromatic rings. The van der Waals surface area contributed by atoms with Crippen LogP contribution in [-0.2, 0) is 0 Å². The van der Waals surface area contributed by atoms with Gasteiger partial charge in [0.25, 0.3) is 5.56 Å². The second-order valence-corrected chi connectivity index (χ2v) is 4.70. The Balaban J connectivity index is 2.09. The van der Waals surface area contributed by atoms with Crippen LogP contribution in [0.3, 0.4) is 0 Å². The highest BCUT2D eigenvalue weighted by atomic mass is 16.3.